The number of hydrogen-bond donors (Lipinski definition) is 0. The Kier molecular flexibility index (Phi) is 7.24. The van der Waals surface area contributed by atoms with Gasteiger partial charge in [-0.2, -0.15) is 0 Å². The third-order valence-corrected chi connectivity index (χ3v) is 10.2. The van der Waals surface area contributed by atoms with Gasteiger partial charge in [0.15, 0.2) is 5.78 Å². The normalized spacial score (nSPS) is 41.9. The maximum atomic E-state index is 13.0. The smallest absolute Gasteiger partial charge is 0.303 e. The van der Waals surface area contributed by atoms with Gasteiger partial charge in [0.25, 0.3) is 0 Å². The van der Waals surface area contributed by atoms with E-state index >= 15 is 0 Å². The Bertz CT molecular complexity index is 764. The molecular weight excluding hydrogens is 420 g/mol. The Morgan fingerprint density at radius 1 is 0.909 bits per heavy atom. The Labute approximate surface area is 198 Å². The molecule has 0 amide bonds. The summed E-state index contributed by atoms with van der Waals surface area (Å²) in [5, 5.41) is 0. The van der Waals surface area contributed by atoms with Crippen LogP contribution in [-0.2, 0) is 28.6 Å². The van der Waals surface area contributed by atoms with Gasteiger partial charge in [-0.1, -0.05) is 6.92 Å². The van der Waals surface area contributed by atoms with E-state index in [0.717, 1.165) is 58.0 Å². The van der Waals surface area contributed by atoms with Gasteiger partial charge in [0.05, 0.1) is 0 Å². The summed E-state index contributed by atoms with van der Waals surface area (Å²) in [5.41, 5.74) is 0.277. The first-order valence-corrected chi connectivity index (χ1v) is 13.0. The van der Waals surface area contributed by atoms with Gasteiger partial charge in [0, 0.05) is 33.5 Å². The Morgan fingerprint density at radius 2 is 1.70 bits per heavy atom. The van der Waals surface area contributed by atoms with Crippen LogP contribution >= 0.6 is 0 Å². The SMILES string of the molecule is COCC[C@]12CC[C@@H](OC(C)=O)C[C@@H]1CC[C@H]1[C@@H]3CC[C@H](C(=O)COC(C)=O)[C@@]3(C)CC[C@@H]12. The second-order valence-electron chi connectivity index (χ2n) is 11.6. The predicted molar refractivity (Wildman–Crippen MR) is 123 cm³/mol. The highest BCUT2D eigenvalue weighted by Crippen LogP contribution is 2.68. The van der Waals surface area contributed by atoms with Crippen LogP contribution in [0.2, 0.25) is 0 Å². The van der Waals surface area contributed by atoms with E-state index in [9.17, 15) is 14.4 Å². The molecule has 6 nitrogen and oxygen atoms in total. The number of fused-ring (bicyclic) bond motifs is 5. The number of carbonyl (C=O) groups excluding carboxylic acids is 3. The van der Waals surface area contributed by atoms with Crippen LogP contribution in [0.3, 0.4) is 0 Å². The topological polar surface area (TPSA) is 78.9 Å². The van der Waals surface area contributed by atoms with E-state index in [1.165, 1.54) is 26.7 Å². The van der Waals surface area contributed by atoms with Crippen LogP contribution in [0.5, 0.6) is 0 Å². The fourth-order valence-corrected chi connectivity index (χ4v) is 8.95. The van der Waals surface area contributed by atoms with Crippen molar-refractivity contribution in [2.75, 3.05) is 20.3 Å². The largest absolute Gasteiger partial charge is 0.463 e. The molecule has 186 valence electrons. The Morgan fingerprint density at radius 3 is 2.39 bits per heavy atom. The molecule has 4 fully saturated rings. The van der Waals surface area contributed by atoms with Crippen molar-refractivity contribution in [1.82, 2.24) is 0 Å². The summed E-state index contributed by atoms with van der Waals surface area (Å²) in [4.78, 5) is 35.8. The van der Waals surface area contributed by atoms with Crippen LogP contribution in [0.15, 0.2) is 0 Å². The van der Waals surface area contributed by atoms with E-state index in [2.05, 4.69) is 6.92 Å². The highest BCUT2D eigenvalue weighted by atomic mass is 16.5. The molecule has 0 aromatic rings. The monoisotopic (exact) mass is 462 g/mol. The zero-order valence-electron chi connectivity index (χ0n) is 20.9. The van der Waals surface area contributed by atoms with Crippen molar-refractivity contribution in [3.63, 3.8) is 0 Å². The minimum atomic E-state index is -0.380. The molecular formula is C27H42O6. The van der Waals surface area contributed by atoms with Crippen LogP contribution in [0, 0.1) is 40.4 Å². The molecule has 0 aliphatic heterocycles. The fourth-order valence-electron chi connectivity index (χ4n) is 8.95. The summed E-state index contributed by atoms with van der Waals surface area (Å²) in [6, 6.07) is 0. The van der Waals surface area contributed by atoms with Crippen LogP contribution in [0.1, 0.15) is 85.0 Å². The quantitative estimate of drug-likeness (QED) is 0.509. The molecule has 4 rings (SSSR count). The zero-order valence-corrected chi connectivity index (χ0v) is 20.9. The van der Waals surface area contributed by atoms with E-state index in [1.54, 1.807) is 7.11 Å². The first kappa shape index (κ1) is 24.7. The lowest BCUT2D eigenvalue weighted by Gasteiger charge is -2.62. The van der Waals surface area contributed by atoms with E-state index in [4.69, 9.17) is 14.2 Å². The Hall–Kier alpha value is -1.43. The number of rotatable bonds is 7. The Balaban J connectivity index is 1.53. The number of Topliss-reactive ketones (excluding diaryl/α,β-unsaturated/α-hetero) is 1. The standard InChI is InChI=1S/C27H42O6/c1-17(28)32-16-25(30)24-8-7-22-21-6-5-19-15-20(33-18(2)29)9-12-27(19,13-14-31-4)23(21)10-11-26(22,24)3/h19-24H,5-16H2,1-4H3/t19-,20+,21-,22-,23-,24+,26-,27+/m0/s1. The highest BCUT2D eigenvalue weighted by molar-refractivity contribution is 5.85. The molecule has 0 unspecified atom stereocenters. The molecule has 0 bridgehead atoms. The van der Waals surface area contributed by atoms with Gasteiger partial charge in [-0.25, -0.2) is 0 Å². The second kappa shape index (κ2) is 9.67. The lowest BCUT2D eigenvalue weighted by Crippen LogP contribution is -2.56. The molecule has 0 aromatic carbocycles. The van der Waals surface area contributed by atoms with Gasteiger partial charge >= 0.3 is 11.9 Å². The summed E-state index contributed by atoms with van der Waals surface area (Å²) in [5.74, 6) is 2.02. The van der Waals surface area contributed by atoms with Crippen molar-refractivity contribution in [3.8, 4) is 0 Å². The number of esters is 2. The number of methoxy groups -OCH3 is 1. The number of ether oxygens (including phenoxy) is 3. The third-order valence-electron chi connectivity index (χ3n) is 10.2. The summed E-state index contributed by atoms with van der Waals surface area (Å²) in [6.07, 6.45) is 10.8. The average molecular weight is 463 g/mol. The lowest BCUT2D eigenvalue weighted by atomic mass is 9.43. The second-order valence-corrected chi connectivity index (χ2v) is 11.6. The van der Waals surface area contributed by atoms with E-state index in [1.807, 2.05) is 0 Å². The predicted octanol–water partition coefficient (Wildman–Crippen LogP) is 4.73. The fraction of sp³-hybridized carbons (Fsp3) is 0.889. The van der Waals surface area contributed by atoms with Crippen molar-refractivity contribution in [1.29, 1.82) is 0 Å². The van der Waals surface area contributed by atoms with Gasteiger partial charge in [-0.05, 0) is 98.7 Å². The van der Waals surface area contributed by atoms with Gasteiger partial charge in [0.1, 0.15) is 12.7 Å². The molecule has 4 aliphatic rings. The van der Waals surface area contributed by atoms with Crippen molar-refractivity contribution in [2.45, 2.75) is 91.1 Å². The summed E-state index contributed by atoms with van der Waals surface area (Å²) in [7, 11) is 1.80. The van der Waals surface area contributed by atoms with Crippen molar-refractivity contribution >= 4 is 17.7 Å². The summed E-state index contributed by atoms with van der Waals surface area (Å²) >= 11 is 0. The molecule has 0 aromatic heterocycles. The molecule has 0 N–H and O–H groups in total. The first-order valence-electron chi connectivity index (χ1n) is 13.0. The maximum absolute atomic E-state index is 13.0. The molecule has 4 saturated carbocycles. The van der Waals surface area contributed by atoms with Crippen LogP contribution in [-0.4, -0.2) is 44.1 Å². The minimum Gasteiger partial charge on any atom is -0.463 e. The summed E-state index contributed by atoms with van der Waals surface area (Å²) in [6.45, 7) is 5.93. The van der Waals surface area contributed by atoms with E-state index < -0.39 is 0 Å². The van der Waals surface area contributed by atoms with E-state index in [-0.39, 0.29) is 47.2 Å². The number of hydrogen-bond acceptors (Lipinski definition) is 6. The van der Waals surface area contributed by atoms with Crippen molar-refractivity contribution in [3.05, 3.63) is 0 Å². The molecule has 8 atom stereocenters. The van der Waals surface area contributed by atoms with Crippen LogP contribution < -0.4 is 0 Å². The highest BCUT2D eigenvalue weighted by Gasteiger charge is 2.62. The van der Waals surface area contributed by atoms with E-state index in [0.29, 0.717) is 23.7 Å². The molecule has 0 spiro atoms. The molecule has 4 aliphatic carbocycles. The molecule has 0 radical (unpaired) electrons. The van der Waals surface area contributed by atoms with Gasteiger partial charge in [-0.15, -0.1) is 0 Å². The van der Waals surface area contributed by atoms with Crippen molar-refractivity contribution in [2.24, 2.45) is 40.4 Å². The molecule has 33 heavy (non-hydrogen) atoms. The van der Waals surface area contributed by atoms with Crippen molar-refractivity contribution < 1.29 is 28.6 Å². The van der Waals surface area contributed by atoms with Crippen LogP contribution in [0.4, 0.5) is 0 Å². The zero-order chi connectivity index (χ0) is 23.8. The lowest BCUT2D eigenvalue weighted by molar-refractivity contribution is -0.167. The minimum absolute atomic E-state index is 0.00940. The summed E-state index contributed by atoms with van der Waals surface area (Å²) < 4.78 is 16.3. The molecule has 0 saturated heterocycles. The van der Waals surface area contributed by atoms with Gasteiger partial charge in [-0.3, -0.25) is 14.4 Å². The van der Waals surface area contributed by atoms with Gasteiger partial charge < -0.3 is 14.2 Å². The number of carbonyl (C=O) groups is 3. The average Bonchev–Trinajstić information content (AvgIpc) is 3.13. The first-order chi connectivity index (χ1) is 15.7. The maximum Gasteiger partial charge on any atom is 0.303 e. The molecule has 0 heterocycles. The van der Waals surface area contributed by atoms with Gasteiger partial charge in [0.2, 0.25) is 0 Å². The number of ketones is 1. The van der Waals surface area contributed by atoms with Crippen LogP contribution in [0.25, 0.3) is 0 Å². The molecule has 6 heteroatoms. The third kappa shape index (κ3) is 4.49.